The van der Waals surface area contributed by atoms with E-state index in [1.165, 1.54) is 11.1 Å². The molecule has 2 N–H and O–H groups in total. The number of hydrogen-bond donors (Lipinski definition) is 2. The number of guanidine groups is 1. The van der Waals surface area contributed by atoms with Gasteiger partial charge in [0.2, 0.25) is 0 Å². The summed E-state index contributed by atoms with van der Waals surface area (Å²) < 4.78 is 5.34. The van der Waals surface area contributed by atoms with E-state index < -0.39 is 0 Å². The largest absolute Gasteiger partial charge is 0.382 e. The van der Waals surface area contributed by atoms with Crippen LogP contribution in [0.25, 0.3) is 0 Å². The first-order chi connectivity index (χ1) is 12.2. The lowest BCUT2D eigenvalue weighted by atomic mass is 10.1. The summed E-state index contributed by atoms with van der Waals surface area (Å²) in [6.07, 6.45) is 2.16. The third kappa shape index (κ3) is 9.46. The van der Waals surface area contributed by atoms with E-state index in [-0.39, 0.29) is 0 Å². The average molecular weight is 349 g/mol. The van der Waals surface area contributed by atoms with E-state index >= 15 is 0 Å². The highest BCUT2D eigenvalue weighted by molar-refractivity contribution is 5.79. The number of hydrogen-bond acceptors (Lipinski definition) is 3. The van der Waals surface area contributed by atoms with Gasteiger partial charge in [-0.1, -0.05) is 38.1 Å². The van der Waals surface area contributed by atoms with E-state index in [4.69, 9.17) is 4.74 Å². The number of rotatable bonds is 12. The molecule has 0 aliphatic carbocycles. The monoisotopic (exact) mass is 348 g/mol. The first-order valence-electron chi connectivity index (χ1n) is 9.55. The van der Waals surface area contributed by atoms with Crippen LogP contribution in [0.1, 0.15) is 44.7 Å². The lowest BCUT2D eigenvalue weighted by molar-refractivity contribution is 0.143. The maximum absolute atomic E-state index is 5.34. The van der Waals surface area contributed by atoms with Gasteiger partial charge in [-0.2, -0.15) is 0 Å². The van der Waals surface area contributed by atoms with Crippen LogP contribution < -0.4 is 10.6 Å². The second kappa shape index (κ2) is 13.7. The van der Waals surface area contributed by atoms with E-state index in [9.17, 15) is 0 Å². The Kier molecular flexibility index (Phi) is 11.7. The number of nitrogens with zero attached hydrogens (tertiary/aromatic N) is 2. The predicted octanol–water partition coefficient (Wildman–Crippen LogP) is 3.01. The summed E-state index contributed by atoms with van der Waals surface area (Å²) in [5.74, 6) is 0.851. The first-order valence-corrected chi connectivity index (χ1v) is 9.55. The molecule has 0 aromatic heterocycles. The number of nitrogens with one attached hydrogen (secondary N) is 2. The summed E-state index contributed by atoms with van der Waals surface area (Å²) in [7, 11) is 1.81. The third-order valence-electron chi connectivity index (χ3n) is 4.22. The van der Waals surface area contributed by atoms with Crippen LogP contribution in [0.3, 0.4) is 0 Å². The van der Waals surface area contributed by atoms with Crippen molar-refractivity contribution in [2.45, 2.75) is 46.7 Å². The van der Waals surface area contributed by atoms with Crippen molar-refractivity contribution in [2.75, 3.05) is 39.9 Å². The van der Waals surface area contributed by atoms with E-state index in [1.54, 1.807) is 0 Å². The van der Waals surface area contributed by atoms with Crippen LogP contribution in [0, 0.1) is 0 Å². The average Bonchev–Trinajstić information content (AvgIpc) is 2.66. The molecule has 1 aromatic rings. The van der Waals surface area contributed by atoms with E-state index in [1.807, 2.05) is 14.0 Å². The van der Waals surface area contributed by atoms with Crippen LogP contribution in [0.4, 0.5) is 0 Å². The van der Waals surface area contributed by atoms with Crippen molar-refractivity contribution in [1.29, 1.82) is 0 Å². The van der Waals surface area contributed by atoms with E-state index in [0.29, 0.717) is 0 Å². The van der Waals surface area contributed by atoms with Gasteiger partial charge < -0.3 is 15.4 Å². The summed E-state index contributed by atoms with van der Waals surface area (Å²) >= 11 is 0. The fourth-order valence-electron chi connectivity index (χ4n) is 2.55. The Hall–Kier alpha value is -1.59. The van der Waals surface area contributed by atoms with Crippen LogP contribution in [0.5, 0.6) is 0 Å². The normalized spacial score (nSPS) is 11.8. The van der Waals surface area contributed by atoms with Crippen molar-refractivity contribution >= 4 is 5.96 Å². The molecule has 0 saturated heterocycles. The van der Waals surface area contributed by atoms with Gasteiger partial charge in [0.1, 0.15) is 0 Å². The number of ether oxygens (including phenoxy) is 1. The lowest BCUT2D eigenvalue weighted by Crippen LogP contribution is -2.37. The minimum absolute atomic E-state index is 0.782. The molecule has 142 valence electrons. The molecule has 0 aliphatic heterocycles. The van der Waals surface area contributed by atoms with E-state index in [2.05, 4.69) is 58.6 Å². The molecule has 5 nitrogen and oxygen atoms in total. The molecule has 0 radical (unpaired) electrons. The summed E-state index contributed by atoms with van der Waals surface area (Å²) in [6, 6.07) is 8.83. The quantitative estimate of drug-likeness (QED) is 0.346. The van der Waals surface area contributed by atoms with Crippen LogP contribution in [-0.2, 0) is 17.8 Å². The molecule has 25 heavy (non-hydrogen) atoms. The summed E-state index contributed by atoms with van der Waals surface area (Å²) in [5.41, 5.74) is 2.63. The minimum atomic E-state index is 0.782. The predicted molar refractivity (Wildman–Crippen MR) is 107 cm³/mol. The molecule has 0 bridgehead atoms. The van der Waals surface area contributed by atoms with Gasteiger partial charge in [-0.05, 0) is 44.0 Å². The number of benzene rings is 1. The zero-order valence-corrected chi connectivity index (χ0v) is 16.5. The topological polar surface area (TPSA) is 48.9 Å². The molecule has 1 aromatic carbocycles. The van der Waals surface area contributed by atoms with Crippen molar-refractivity contribution in [3.63, 3.8) is 0 Å². The maximum Gasteiger partial charge on any atom is 0.191 e. The highest BCUT2D eigenvalue weighted by atomic mass is 16.5. The Morgan fingerprint density at radius 3 is 2.28 bits per heavy atom. The second-order valence-electron chi connectivity index (χ2n) is 6.03. The number of aliphatic imine (C=N–C) groups is 1. The second-order valence-corrected chi connectivity index (χ2v) is 6.03. The standard InChI is InChI=1S/C20H36N4O/c1-5-24(6-2)17-19-12-10-18(11-13-19)16-23-20(21-4)22-14-8-9-15-25-7-3/h10-13H,5-9,14-17H2,1-4H3,(H2,21,22,23). The van der Waals surface area contributed by atoms with Crippen molar-refractivity contribution in [1.82, 2.24) is 15.5 Å². The first kappa shape index (κ1) is 21.5. The Balaban J connectivity index is 2.30. The van der Waals surface area contributed by atoms with Gasteiger partial charge in [-0.15, -0.1) is 0 Å². The Morgan fingerprint density at radius 2 is 1.68 bits per heavy atom. The van der Waals surface area contributed by atoms with Crippen molar-refractivity contribution in [3.8, 4) is 0 Å². The molecule has 1 rings (SSSR count). The molecule has 0 heterocycles. The highest BCUT2D eigenvalue weighted by Crippen LogP contribution is 2.07. The molecule has 0 atom stereocenters. The smallest absolute Gasteiger partial charge is 0.191 e. The van der Waals surface area contributed by atoms with E-state index in [0.717, 1.165) is 64.7 Å². The fourth-order valence-corrected chi connectivity index (χ4v) is 2.55. The summed E-state index contributed by atoms with van der Waals surface area (Å²) in [4.78, 5) is 6.69. The van der Waals surface area contributed by atoms with Crippen molar-refractivity contribution < 1.29 is 4.74 Å². The van der Waals surface area contributed by atoms with Gasteiger partial charge in [0.15, 0.2) is 5.96 Å². The third-order valence-corrected chi connectivity index (χ3v) is 4.22. The van der Waals surface area contributed by atoms with Gasteiger partial charge in [0.25, 0.3) is 0 Å². The molecular formula is C20H36N4O. The molecule has 5 heteroatoms. The molecule has 0 fully saturated rings. The minimum Gasteiger partial charge on any atom is -0.382 e. The van der Waals surface area contributed by atoms with Crippen LogP contribution in [-0.4, -0.2) is 50.8 Å². The molecule has 0 aliphatic rings. The molecular weight excluding hydrogens is 312 g/mol. The van der Waals surface area contributed by atoms with Crippen LogP contribution in [0.2, 0.25) is 0 Å². The van der Waals surface area contributed by atoms with Crippen LogP contribution >= 0.6 is 0 Å². The molecule has 0 amide bonds. The highest BCUT2D eigenvalue weighted by Gasteiger charge is 2.02. The van der Waals surface area contributed by atoms with Gasteiger partial charge in [0, 0.05) is 39.9 Å². The van der Waals surface area contributed by atoms with Gasteiger partial charge in [-0.25, -0.2) is 0 Å². The van der Waals surface area contributed by atoms with Crippen molar-refractivity contribution in [2.24, 2.45) is 4.99 Å². The maximum atomic E-state index is 5.34. The summed E-state index contributed by atoms with van der Waals surface area (Å²) in [5, 5.41) is 6.71. The molecule has 0 saturated carbocycles. The van der Waals surface area contributed by atoms with Crippen molar-refractivity contribution in [3.05, 3.63) is 35.4 Å². The zero-order chi connectivity index (χ0) is 18.3. The molecule has 0 unspecified atom stereocenters. The van der Waals surface area contributed by atoms with Gasteiger partial charge >= 0.3 is 0 Å². The number of unbranched alkanes of at least 4 members (excludes halogenated alkanes) is 1. The zero-order valence-electron chi connectivity index (χ0n) is 16.5. The Morgan fingerprint density at radius 1 is 1.00 bits per heavy atom. The summed E-state index contributed by atoms with van der Waals surface area (Å²) in [6.45, 7) is 13.0. The lowest BCUT2D eigenvalue weighted by Gasteiger charge is -2.18. The van der Waals surface area contributed by atoms with Gasteiger partial charge in [0.05, 0.1) is 0 Å². The Labute approximate surface area is 153 Å². The Bertz CT molecular complexity index is 469. The van der Waals surface area contributed by atoms with Gasteiger partial charge in [-0.3, -0.25) is 9.89 Å². The SMILES string of the molecule is CCOCCCCNC(=NC)NCc1ccc(CN(CC)CC)cc1. The molecule has 0 spiro atoms. The fraction of sp³-hybridized carbons (Fsp3) is 0.650. The van der Waals surface area contributed by atoms with Crippen LogP contribution in [0.15, 0.2) is 29.3 Å².